The molecule has 2 aromatic rings. The molecule has 22 heavy (non-hydrogen) atoms. The van der Waals surface area contributed by atoms with Crippen molar-refractivity contribution >= 4 is 12.0 Å². The number of hydrazine groups is 1. The van der Waals surface area contributed by atoms with Crippen molar-refractivity contribution in [2.75, 3.05) is 0 Å². The Morgan fingerprint density at radius 2 is 1.41 bits per heavy atom. The lowest BCUT2D eigenvalue weighted by Gasteiger charge is -2.15. The highest BCUT2D eigenvalue weighted by Crippen LogP contribution is 2.24. The fourth-order valence-electron chi connectivity index (χ4n) is 1.69. The number of carbonyl (C=O) groups excluding carboxylic acids is 1. The molecule has 2 N–H and O–H groups in total. The van der Waals surface area contributed by atoms with E-state index in [0.717, 1.165) is 6.08 Å². The quantitative estimate of drug-likeness (QED) is 0.849. The summed E-state index contributed by atoms with van der Waals surface area (Å²) in [6.45, 7) is 0. The highest BCUT2D eigenvalue weighted by atomic mass is 19.4. The van der Waals surface area contributed by atoms with Gasteiger partial charge < -0.3 is 0 Å². The second-order valence-electron chi connectivity index (χ2n) is 4.41. The molecule has 0 saturated carbocycles. The highest BCUT2D eigenvalue weighted by Gasteiger charge is 2.34. The Morgan fingerprint density at radius 3 is 1.95 bits per heavy atom. The van der Waals surface area contributed by atoms with Gasteiger partial charge in [-0.3, -0.25) is 15.6 Å². The first kappa shape index (κ1) is 15.6. The molecule has 114 valence electrons. The predicted molar refractivity (Wildman–Crippen MR) is 77.5 cm³/mol. The minimum atomic E-state index is -4.61. The SMILES string of the molecule is O=C(NN/C(=C\c1ccccc1)C(F)(F)F)c1ccccc1. The van der Waals surface area contributed by atoms with E-state index in [1.165, 1.54) is 24.3 Å². The second kappa shape index (κ2) is 6.80. The summed E-state index contributed by atoms with van der Waals surface area (Å²) in [5.41, 5.74) is 3.57. The van der Waals surface area contributed by atoms with Crippen LogP contribution in [0.15, 0.2) is 66.4 Å². The molecule has 0 atom stereocenters. The molecule has 0 bridgehead atoms. The number of alkyl halides is 3. The molecule has 0 radical (unpaired) electrons. The maximum atomic E-state index is 13.0. The van der Waals surface area contributed by atoms with Gasteiger partial charge in [0.15, 0.2) is 0 Å². The molecule has 0 spiro atoms. The monoisotopic (exact) mass is 306 g/mol. The predicted octanol–water partition coefficient (Wildman–Crippen LogP) is 3.52. The van der Waals surface area contributed by atoms with Crippen molar-refractivity contribution < 1.29 is 18.0 Å². The Balaban J connectivity index is 2.12. The average molecular weight is 306 g/mol. The van der Waals surface area contributed by atoms with Gasteiger partial charge in [-0.15, -0.1) is 0 Å². The molecule has 0 unspecified atom stereocenters. The van der Waals surface area contributed by atoms with Gasteiger partial charge in [0.1, 0.15) is 5.70 Å². The molecule has 0 saturated heterocycles. The zero-order valence-corrected chi connectivity index (χ0v) is 11.4. The van der Waals surface area contributed by atoms with E-state index in [9.17, 15) is 18.0 Å². The van der Waals surface area contributed by atoms with E-state index in [1.54, 1.807) is 36.4 Å². The van der Waals surface area contributed by atoms with E-state index >= 15 is 0 Å². The molecule has 0 heterocycles. The number of amides is 1. The molecule has 3 nitrogen and oxygen atoms in total. The van der Waals surface area contributed by atoms with Crippen molar-refractivity contribution in [1.29, 1.82) is 0 Å². The Kier molecular flexibility index (Phi) is 4.83. The third kappa shape index (κ3) is 4.37. The van der Waals surface area contributed by atoms with Crippen molar-refractivity contribution in [3.05, 3.63) is 77.5 Å². The molecular weight excluding hydrogens is 293 g/mol. The first-order chi connectivity index (χ1) is 10.5. The van der Waals surface area contributed by atoms with Gasteiger partial charge in [0.2, 0.25) is 0 Å². The van der Waals surface area contributed by atoms with Crippen LogP contribution in [0.2, 0.25) is 0 Å². The highest BCUT2D eigenvalue weighted by molar-refractivity contribution is 5.93. The van der Waals surface area contributed by atoms with Crippen LogP contribution in [0.25, 0.3) is 6.08 Å². The maximum Gasteiger partial charge on any atom is 0.432 e. The molecule has 1 amide bonds. The van der Waals surface area contributed by atoms with Crippen molar-refractivity contribution in [2.24, 2.45) is 0 Å². The summed E-state index contributed by atoms with van der Waals surface area (Å²) in [7, 11) is 0. The van der Waals surface area contributed by atoms with Gasteiger partial charge in [0.05, 0.1) is 0 Å². The zero-order chi connectivity index (χ0) is 16.0. The molecular formula is C16H13F3N2O. The summed E-state index contributed by atoms with van der Waals surface area (Å²) in [6, 6.07) is 16.0. The van der Waals surface area contributed by atoms with Crippen LogP contribution < -0.4 is 10.9 Å². The molecule has 0 aromatic heterocycles. The van der Waals surface area contributed by atoms with Crippen molar-refractivity contribution in [2.45, 2.75) is 6.18 Å². The number of rotatable bonds is 4. The summed E-state index contributed by atoms with van der Waals surface area (Å²) in [4.78, 5) is 11.8. The standard InChI is InChI=1S/C16H13F3N2O/c17-16(18,19)14(11-12-7-3-1-4-8-12)20-21-15(22)13-9-5-2-6-10-13/h1-11,20H,(H,21,22)/b14-11-. The molecule has 0 aliphatic rings. The number of halogens is 3. The van der Waals surface area contributed by atoms with Gasteiger partial charge >= 0.3 is 6.18 Å². The van der Waals surface area contributed by atoms with E-state index in [2.05, 4.69) is 0 Å². The Morgan fingerprint density at radius 1 is 0.864 bits per heavy atom. The topological polar surface area (TPSA) is 41.1 Å². The normalized spacial score (nSPS) is 11.9. The van der Waals surface area contributed by atoms with Crippen LogP contribution in [-0.2, 0) is 0 Å². The Hall–Kier alpha value is -2.76. The molecule has 0 aliphatic heterocycles. The van der Waals surface area contributed by atoms with Crippen LogP contribution in [0.5, 0.6) is 0 Å². The van der Waals surface area contributed by atoms with Gasteiger partial charge in [-0.25, -0.2) is 0 Å². The number of hydrogen-bond acceptors (Lipinski definition) is 2. The Bertz CT molecular complexity index is 652. The lowest BCUT2D eigenvalue weighted by molar-refractivity contribution is -0.0965. The Labute approximate surface area is 125 Å². The molecule has 2 aromatic carbocycles. The van der Waals surface area contributed by atoms with Gasteiger partial charge in [0.25, 0.3) is 5.91 Å². The second-order valence-corrected chi connectivity index (χ2v) is 4.41. The third-order valence-electron chi connectivity index (χ3n) is 2.76. The number of carbonyl (C=O) groups is 1. The van der Waals surface area contributed by atoms with Gasteiger partial charge in [-0.2, -0.15) is 13.2 Å². The summed E-state index contributed by atoms with van der Waals surface area (Å²) in [5, 5.41) is 0. The van der Waals surface area contributed by atoms with Crippen LogP contribution in [0.3, 0.4) is 0 Å². The molecule has 0 fully saturated rings. The first-order valence-corrected chi connectivity index (χ1v) is 6.42. The summed E-state index contributed by atoms with van der Waals surface area (Å²) < 4.78 is 38.9. The van der Waals surface area contributed by atoms with Crippen LogP contribution >= 0.6 is 0 Å². The lowest BCUT2D eigenvalue weighted by Crippen LogP contribution is -2.41. The maximum absolute atomic E-state index is 13.0. The van der Waals surface area contributed by atoms with Crippen LogP contribution in [-0.4, -0.2) is 12.1 Å². The van der Waals surface area contributed by atoms with Crippen LogP contribution in [0, 0.1) is 0 Å². The lowest BCUT2D eigenvalue weighted by atomic mass is 10.2. The largest absolute Gasteiger partial charge is 0.432 e. The fraction of sp³-hybridized carbons (Fsp3) is 0.0625. The third-order valence-corrected chi connectivity index (χ3v) is 2.76. The zero-order valence-electron chi connectivity index (χ0n) is 11.4. The van der Waals surface area contributed by atoms with E-state index < -0.39 is 17.8 Å². The van der Waals surface area contributed by atoms with Gasteiger partial charge in [-0.05, 0) is 23.8 Å². The minimum absolute atomic E-state index is 0.260. The number of allylic oxidation sites excluding steroid dienone is 1. The van der Waals surface area contributed by atoms with Crippen LogP contribution in [0.4, 0.5) is 13.2 Å². The van der Waals surface area contributed by atoms with Gasteiger partial charge in [-0.1, -0.05) is 48.5 Å². The minimum Gasteiger partial charge on any atom is -0.294 e. The molecule has 6 heteroatoms. The van der Waals surface area contributed by atoms with E-state index in [-0.39, 0.29) is 5.56 Å². The molecule has 2 rings (SSSR count). The summed E-state index contributed by atoms with van der Waals surface area (Å²) >= 11 is 0. The summed E-state index contributed by atoms with van der Waals surface area (Å²) in [5.74, 6) is -0.649. The van der Waals surface area contributed by atoms with Crippen molar-refractivity contribution in [3.8, 4) is 0 Å². The van der Waals surface area contributed by atoms with Crippen molar-refractivity contribution in [1.82, 2.24) is 10.9 Å². The van der Waals surface area contributed by atoms with Crippen molar-refractivity contribution in [3.63, 3.8) is 0 Å². The molecule has 0 aliphatic carbocycles. The number of hydrogen-bond donors (Lipinski definition) is 2. The first-order valence-electron chi connectivity index (χ1n) is 6.42. The fourth-order valence-corrected chi connectivity index (χ4v) is 1.69. The summed E-state index contributed by atoms with van der Waals surface area (Å²) in [6.07, 6.45) is -3.69. The van der Waals surface area contributed by atoms with E-state index in [4.69, 9.17) is 0 Å². The number of benzene rings is 2. The average Bonchev–Trinajstić information content (AvgIpc) is 2.52. The van der Waals surface area contributed by atoms with Crippen LogP contribution in [0.1, 0.15) is 15.9 Å². The smallest absolute Gasteiger partial charge is 0.294 e. The van der Waals surface area contributed by atoms with E-state index in [0.29, 0.717) is 5.56 Å². The van der Waals surface area contributed by atoms with Gasteiger partial charge in [0, 0.05) is 5.56 Å². The number of nitrogens with one attached hydrogen (secondary N) is 2. The van der Waals surface area contributed by atoms with E-state index in [1.807, 2.05) is 10.9 Å².